The van der Waals surface area contributed by atoms with Gasteiger partial charge in [0.15, 0.2) is 9.84 Å². The van der Waals surface area contributed by atoms with Gasteiger partial charge in [0.25, 0.3) is 10.2 Å². The number of benzene rings is 2. The summed E-state index contributed by atoms with van der Waals surface area (Å²) in [7, 11) is -6.99. The monoisotopic (exact) mass is 590 g/mol. The van der Waals surface area contributed by atoms with Crippen molar-refractivity contribution >= 4 is 37.6 Å². The molecule has 2 aromatic rings. The third-order valence-corrected chi connectivity index (χ3v) is 11.9. The zero-order valence-electron chi connectivity index (χ0n) is 20.7. The summed E-state index contributed by atoms with van der Waals surface area (Å²) < 4.78 is 89.5. The number of esters is 1. The summed E-state index contributed by atoms with van der Waals surface area (Å²) in [4.78, 5) is 11.9. The summed E-state index contributed by atoms with van der Waals surface area (Å²) in [6, 6.07) is 7.40. The van der Waals surface area contributed by atoms with Crippen molar-refractivity contribution in [2.75, 3.05) is 20.2 Å². The molecule has 208 valence electrons. The van der Waals surface area contributed by atoms with Crippen LogP contribution >= 0.6 is 11.6 Å². The number of ether oxygens (including phenoxy) is 1. The second-order valence-electron chi connectivity index (χ2n) is 9.66. The van der Waals surface area contributed by atoms with Crippen LogP contribution in [0.3, 0.4) is 0 Å². The second kappa shape index (κ2) is 11.2. The first-order valence-electron chi connectivity index (χ1n) is 12.2. The Bertz CT molecular complexity index is 1400. The Morgan fingerprint density at radius 3 is 2.37 bits per heavy atom. The third kappa shape index (κ3) is 5.46. The lowest BCUT2D eigenvalue weighted by Crippen LogP contribution is -2.48. The topological polar surface area (TPSA) is 110 Å². The fraction of sp³-hybridized carbons (Fsp3) is 0.480. The van der Waals surface area contributed by atoms with Crippen LogP contribution in [0.4, 0.5) is 8.78 Å². The minimum absolute atomic E-state index is 0.00936. The van der Waals surface area contributed by atoms with E-state index < -0.39 is 48.4 Å². The smallest absolute Gasteiger partial charge is 0.324 e. The normalized spacial score (nSPS) is 24.8. The fourth-order valence-corrected chi connectivity index (χ4v) is 9.22. The number of nitrogens with zero attached hydrogens (tertiary/aromatic N) is 1. The molecular weight excluding hydrogens is 562 g/mol. The predicted octanol–water partition coefficient (Wildman–Crippen LogP) is 3.95. The van der Waals surface area contributed by atoms with E-state index in [0.717, 1.165) is 22.5 Å². The summed E-state index contributed by atoms with van der Waals surface area (Å²) >= 11 is 5.93. The number of carbonyl (C=O) groups excluding carboxylic acids is 1. The predicted molar refractivity (Wildman–Crippen MR) is 137 cm³/mol. The Kier molecular flexibility index (Phi) is 8.49. The van der Waals surface area contributed by atoms with Crippen LogP contribution in [0.25, 0.3) is 0 Å². The van der Waals surface area contributed by atoms with Crippen LogP contribution in [-0.4, -0.2) is 53.4 Å². The number of hydrogen-bond donors (Lipinski definition) is 1. The molecule has 2 fully saturated rings. The summed E-state index contributed by atoms with van der Waals surface area (Å²) in [6.45, 7) is 0.191. The van der Waals surface area contributed by atoms with Crippen LogP contribution in [0.2, 0.25) is 5.02 Å². The van der Waals surface area contributed by atoms with E-state index in [4.69, 9.17) is 16.3 Å². The van der Waals surface area contributed by atoms with E-state index >= 15 is 4.39 Å². The molecule has 0 amide bonds. The molecule has 1 saturated heterocycles. The highest BCUT2D eigenvalue weighted by molar-refractivity contribution is 7.92. The molecule has 0 aromatic heterocycles. The molecule has 0 spiro atoms. The lowest BCUT2D eigenvalue weighted by molar-refractivity contribution is -0.144. The molecule has 1 heterocycles. The van der Waals surface area contributed by atoms with Crippen LogP contribution in [-0.2, 0) is 34.3 Å². The highest BCUT2D eigenvalue weighted by atomic mass is 35.5. The second-order valence-corrected chi connectivity index (χ2v) is 14.1. The molecule has 1 aliphatic carbocycles. The van der Waals surface area contributed by atoms with Gasteiger partial charge in [0.1, 0.15) is 22.4 Å². The molecule has 1 N–H and O–H groups in total. The van der Waals surface area contributed by atoms with E-state index in [2.05, 4.69) is 4.72 Å². The molecular formula is C25H29ClF2N2O6S2. The number of rotatable bonds is 8. The van der Waals surface area contributed by atoms with Gasteiger partial charge in [0, 0.05) is 23.7 Å². The maximum absolute atomic E-state index is 15.0. The van der Waals surface area contributed by atoms with Gasteiger partial charge in [-0.2, -0.15) is 12.7 Å². The highest BCUT2D eigenvalue weighted by Crippen LogP contribution is 2.49. The standard InChI is InChI=1S/C25H29ClF2N2O6S2/c1-36-24(31)23-3-2-14-30(23)38(34,35)29-16-17-10-12-25(13-11-17,21-15-19(27)6-9-22(21)28)37(32,33)20-7-4-18(26)5-8-20/h4-9,15,17,23,29H,2-3,10-14,16H2,1H3. The van der Waals surface area contributed by atoms with Gasteiger partial charge in [-0.05, 0) is 86.9 Å². The van der Waals surface area contributed by atoms with Gasteiger partial charge in [0.05, 0.1) is 12.0 Å². The summed E-state index contributed by atoms with van der Waals surface area (Å²) in [6.07, 6.45) is 1.28. The summed E-state index contributed by atoms with van der Waals surface area (Å²) in [5.74, 6) is -2.47. The molecule has 1 atom stereocenters. The quantitative estimate of drug-likeness (QED) is 0.466. The summed E-state index contributed by atoms with van der Waals surface area (Å²) in [5.41, 5.74) is -0.246. The molecule has 0 radical (unpaired) electrons. The van der Waals surface area contributed by atoms with Crippen molar-refractivity contribution in [3.63, 3.8) is 0 Å². The first kappa shape index (κ1) is 28.9. The van der Waals surface area contributed by atoms with Crippen molar-refractivity contribution in [2.24, 2.45) is 5.92 Å². The maximum Gasteiger partial charge on any atom is 0.324 e. The number of hydrogen-bond acceptors (Lipinski definition) is 6. The molecule has 8 nitrogen and oxygen atoms in total. The van der Waals surface area contributed by atoms with E-state index in [-0.39, 0.29) is 55.1 Å². The number of nitrogens with one attached hydrogen (secondary N) is 1. The number of methoxy groups -OCH3 is 1. The number of carbonyl (C=O) groups is 1. The molecule has 4 rings (SSSR count). The molecule has 2 aliphatic rings. The SMILES string of the molecule is COC(=O)C1CCCN1S(=O)(=O)NCC1CCC(c2cc(F)ccc2F)(S(=O)(=O)c2ccc(Cl)cc2)CC1. The van der Waals surface area contributed by atoms with Gasteiger partial charge in [-0.1, -0.05) is 11.6 Å². The van der Waals surface area contributed by atoms with Crippen LogP contribution < -0.4 is 4.72 Å². The van der Waals surface area contributed by atoms with Gasteiger partial charge in [0.2, 0.25) is 0 Å². The van der Waals surface area contributed by atoms with E-state index in [1.165, 1.54) is 31.4 Å². The van der Waals surface area contributed by atoms with Crippen molar-refractivity contribution in [3.8, 4) is 0 Å². The lowest BCUT2D eigenvalue weighted by atomic mass is 9.77. The van der Waals surface area contributed by atoms with Crippen LogP contribution in [0, 0.1) is 17.6 Å². The van der Waals surface area contributed by atoms with Crippen LogP contribution in [0.1, 0.15) is 44.1 Å². The van der Waals surface area contributed by atoms with Crippen LogP contribution in [0.15, 0.2) is 47.4 Å². The molecule has 13 heteroatoms. The Morgan fingerprint density at radius 1 is 1.08 bits per heavy atom. The molecule has 1 saturated carbocycles. The van der Waals surface area contributed by atoms with E-state index in [9.17, 15) is 26.0 Å². The van der Waals surface area contributed by atoms with E-state index in [1.54, 1.807) is 0 Å². The van der Waals surface area contributed by atoms with Gasteiger partial charge < -0.3 is 4.74 Å². The Morgan fingerprint density at radius 2 is 1.74 bits per heavy atom. The third-order valence-electron chi connectivity index (χ3n) is 7.51. The van der Waals surface area contributed by atoms with Crippen LogP contribution in [0.5, 0.6) is 0 Å². The molecule has 0 bridgehead atoms. The van der Waals surface area contributed by atoms with Crippen molar-refractivity contribution in [1.82, 2.24) is 9.03 Å². The van der Waals surface area contributed by atoms with Crippen molar-refractivity contribution in [3.05, 3.63) is 64.7 Å². The molecule has 2 aromatic carbocycles. The zero-order chi connectivity index (χ0) is 27.7. The minimum atomic E-state index is -4.20. The average molecular weight is 591 g/mol. The van der Waals surface area contributed by atoms with Gasteiger partial charge in [-0.15, -0.1) is 0 Å². The average Bonchev–Trinajstić information content (AvgIpc) is 3.40. The van der Waals surface area contributed by atoms with Gasteiger partial charge in [-0.3, -0.25) is 4.79 Å². The van der Waals surface area contributed by atoms with Crippen molar-refractivity contribution in [2.45, 2.75) is 54.2 Å². The highest BCUT2D eigenvalue weighted by Gasteiger charge is 2.50. The zero-order valence-corrected chi connectivity index (χ0v) is 23.1. The van der Waals surface area contributed by atoms with E-state index in [1.807, 2.05) is 0 Å². The molecule has 1 unspecified atom stereocenters. The fourth-order valence-electron chi connectivity index (χ4n) is 5.42. The van der Waals surface area contributed by atoms with Crippen molar-refractivity contribution in [1.29, 1.82) is 0 Å². The summed E-state index contributed by atoms with van der Waals surface area (Å²) in [5, 5.41) is 0.332. The van der Waals surface area contributed by atoms with E-state index in [0.29, 0.717) is 17.9 Å². The van der Waals surface area contributed by atoms with Crippen molar-refractivity contribution < 1.29 is 35.1 Å². The lowest BCUT2D eigenvalue weighted by Gasteiger charge is -2.40. The Hall–Kier alpha value is -2.12. The first-order chi connectivity index (χ1) is 17.9. The Balaban J connectivity index is 1.56. The largest absolute Gasteiger partial charge is 0.468 e. The number of halogens is 3. The first-order valence-corrected chi connectivity index (χ1v) is 15.5. The maximum atomic E-state index is 15.0. The minimum Gasteiger partial charge on any atom is -0.468 e. The van der Waals surface area contributed by atoms with Gasteiger partial charge >= 0.3 is 5.97 Å². The molecule has 38 heavy (non-hydrogen) atoms. The molecule has 1 aliphatic heterocycles. The Labute approximate surface area is 226 Å². The number of sulfone groups is 1. The van der Waals surface area contributed by atoms with Gasteiger partial charge in [-0.25, -0.2) is 21.9 Å².